The standard InChI is InChI=1S/C13H10ClNO3/c14-13-4-1-9(6-15-13)7-16-10-2-3-11-12(5-10)18-8-17-11/h1-6H,7-8H2. The van der Waals surface area contributed by atoms with E-state index in [4.69, 9.17) is 25.8 Å². The highest BCUT2D eigenvalue weighted by Gasteiger charge is 2.13. The van der Waals surface area contributed by atoms with Gasteiger partial charge in [0.15, 0.2) is 11.5 Å². The van der Waals surface area contributed by atoms with Crippen LogP contribution < -0.4 is 14.2 Å². The molecule has 0 atom stereocenters. The molecule has 5 heteroatoms. The molecule has 0 saturated heterocycles. The van der Waals surface area contributed by atoms with Crippen molar-refractivity contribution < 1.29 is 14.2 Å². The lowest BCUT2D eigenvalue weighted by Crippen LogP contribution is -1.96. The first-order valence-electron chi connectivity index (χ1n) is 5.44. The van der Waals surface area contributed by atoms with Crippen LogP contribution in [0.25, 0.3) is 0 Å². The van der Waals surface area contributed by atoms with Gasteiger partial charge < -0.3 is 14.2 Å². The first-order chi connectivity index (χ1) is 8.81. The zero-order valence-corrected chi connectivity index (χ0v) is 10.2. The molecular weight excluding hydrogens is 254 g/mol. The van der Waals surface area contributed by atoms with Crippen molar-refractivity contribution in [1.82, 2.24) is 4.98 Å². The zero-order chi connectivity index (χ0) is 12.4. The fourth-order valence-corrected chi connectivity index (χ4v) is 1.74. The number of rotatable bonds is 3. The summed E-state index contributed by atoms with van der Waals surface area (Å²) in [5.41, 5.74) is 0.956. The molecule has 18 heavy (non-hydrogen) atoms. The number of halogens is 1. The van der Waals surface area contributed by atoms with Gasteiger partial charge in [0.05, 0.1) is 0 Å². The van der Waals surface area contributed by atoms with Gasteiger partial charge in [-0.1, -0.05) is 17.7 Å². The zero-order valence-electron chi connectivity index (χ0n) is 9.43. The van der Waals surface area contributed by atoms with Crippen molar-refractivity contribution >= 4 is 11.6 Å². The lowest BCUT2D eigenvalue weighted by Gasteiger charge is -2.06. The van der Waals surface area contributed by atoms with Crippen molar-refractivity contribution in [1.29, 1.82) is 0 Å². The van der Waals surface area contributed by atoms with Gasteiger partial charge in [-0.25, -0.2) is 4.98 Å². The molecule has 1 aliphatic rings. The molecule has 0 N–H and O–H groups in total. The molecule has 0 bridgehead atoms. The van der Waals surface area contributed by atoms with Gasteiger partial charge in [-0.15, -0.1) is 0 Å². The van der Waals surface area contributed by atoms with Crippen molar-refractivity contribution in [2.24, 2.45) is 0 Å². The summed E-state index contributed by atoms with van der Waals surface area (Å²) in [5.74, 6) is 2.19. The normalized spacial score (nSPS) is 12.5. The summed E-state index contributed by atoms with van der Waals surface area (Å²) in [7, 11) is 0. The number of pyridine rings is 1. The number of ether oxygens (including phenoxy) is 3. The van der Waals surface area contributed by atoms with Crippen LogP contribution in [0.2, 0.25) is 5.15 Å². The van der Waals surface area contributed by atoms with Crippen LogP contribution in [-0.4, -0.2) is 11.8 Å². The smallest absolute Gasteiger partial charge is 0.231 e. The maximum absolute atomic E-state index is 5.71. The third-order valence-electron chi connectivity index (χ3n) is 2.54. The number of benzene rings is 1. The highest BCUT2D eigenvalue weighted by atomic mass is 35.5. The van der Waals surface area contributed by atoms with Gasteiger partial charge in [-0.3, -0.25) is 0 Å². The second kappa shape index (κ2) is 4.74. The van der Waals surface area contributed by atoms with Gasteiger partial charge >= 0.3 is 0 Å². The Balaban J connectivity index is 1.68. The van der Waals surface area contributed by atoms with Crippen LogP contribution in [-0.2, 0) is 6.61 Å². The highest BCUT2D eigenvalue weighted by molar-refractivity contribution is 6.29. The van der Waals surface area contributed by atoms with E-state index in [1.54, 1.807) is 12.3 Å². The summed E-state index contributed by atoms with van der Waals surface area (Å²) >= 11 is 5.71. The van der Waals surface area contributed by atoms with E-state index in [1.807, 2.05) is 24.3 Å². The predicted octanol–water partition coefficient (Wildman–Crippen LogP) is 3.04. The molecule has 3 rings (SSSR count). The average molecular weight is 264 g/mol. The molecule has 0 amide bonds. The maximum atomic E-state index is 5.71. The SMILES string of the molecule is Clc1ccc(COc2ccc3c(c2)OCO3)cn1. The first-order valence-corrected chi connectivity index (χ1v) is 5.82. The number of nitrogens with zero attached hydrogens (tertiary/aromatic N) is 1. The van der Waals surface area contributed by atoms with Gasteiger partial charge in [0.25, 0.3) is 0 Å². The topological polar surface area (TPSA) is 40.6 Å². The van der Waals surface area contributed by atoms with Crippen LogP contribution in [0.15, 0.2) is 36.5 Å². The van der Waals surface area contributed by atoms with Gasteiger partial charge in [-0.2, -0.15) is 0 Å². The average Bonchev–Trinajstić information content (AvgIpc) is 2.85. The molecule has 0 spiro atoms. The molecule has 92 valence electrons. The number of aromatic nitrogens is 1. The van der Waals surface area contributed by atoms with E-state index in [0.29, 0.717) is 17.5 Å². The Kier molecular flexibility index (Phi) is 2.94. The Morgan fingerprint density at radius 3 is 2.89 bits per heavy atom. The lowest BCUT2D eigenvalue weighted by atomic mass is 10.3. The summed E-state index contributed by atoms with van der Waals surface area (Å²) in [4.78, 5) is 3.99. The summed E-state index contributed by atoms with van der Waals surface area (Å²) < 4.78 is 16.1. The van der Waals surface area contributed by atoms with E-state index in [2.05, 4.69) is 4.98 Å². The van der Waals surface area contributed by atoms with E-state index >= 15 is 0 Å². The van der Waals surface area contributed by atoms with E-state index in [-0.39, 0.29) is 6.79 Å². The van der Waals surface area contributed by atoms with Crippen molar-refractivity contribution in [3.63, 3.8) is 0 Å². The first kappa shape index (κ1) is 11.2. The van der Waals surface area contributed by atoms with Crippen LogP contribution in [0.1, 0.15) is 5.56 Å². The van der Waals surface area contributed by atoms with Crippen molar-refractivity contribution in [2.75, 3.05) is 6.79 Å². The van der Waals surface area contributed by atoms with Gasteiger partial charge in [0, 0.05) is 17.8 Å². The van der Waals surface area contributed by atoms with Crippen LogP contribution in [0, 0.1) is 0 Å². The Bertz CT molecular complexity index is 557. The fraction of sp³-hybridized carbons (Fsp3) is 0.154. The summed E-state index contributed by atoms with van der Waals surface area (Å²) in [6, 6.07) is 9.10. The minimum absolute atomic E-state index is 0.264. The largest absolute Gasteiger partial charge is 0.489 e. The molecule has 1 aromatic carbocycles. The molecule has 4 nitrogen and oxygen atoms in total. The molecule has 2 heterocycles. The molecule has 2 aromatic rings. The third kappa shape index (κ3) is 2.33. The Hall–Kier alpha value is -1.94. The van der Waals surface area contributed by atoms with Crippen LogP contribution in [0.5, 0.6) is 17.2 Å². The molecule has 0 radical (unpaired) electrons. The Labute approximate surface area is 109 Å². The molecule has 1 aliphatic heterocycles. The van der Waals surface area contributed by atoms with Crippen molar-refractivity contribution in [3.05, 3.63) is 47.2 Å². The summed E-state index contributed by atoms with van der Waals surface area (Å²) in [5, 5.41) is 0.474. The molecule has 0 saturated carbocycles. The number of hydrogen-bond donors (Lipinski definition) is 0. The monoisotopic (exact) mass is 263 g/mol. The number of hydrogen-bond acceptors (Lipinski definition) is 4. The Morgan fingerprint density at radius 2 is 2.06 bits per heavy atom. The maximum Gasteiger partial charge on any atom is 0.231 e. The second-order valence-electron chi connectivity index (χ2n) is 3.79. The minimum Gasteiger partial charge on any atom is -0.489 e. The lowest BCUT2D eigenvalue weighted by molar-refractivity contribution is 0.173. The molecule has 0 fully saturated rings. The van der Waals surface area contributed by atoms with Crippen LogP contribution in [0.3, 0.4) is 0 Å². The summed E-state index contributed by atoms with van der Waals surface area (Å²) in [6.07, 6.45) is 1.69. The van der Waals surface area contributed by atoms with E-state index < -0.39 is 0 Å². The minimum atomic E-state index is 0.264. The molecule has 1 aromatic heterocycles. The van der Waals surface area contributed by atoms with Gasteiger partial charge in [0.1, 0.15) is 17.5 Å². The third-order valence-corrected chi connectivity index (χ3v) is 2.76. The van der Waals surface area contributed by atoms with Crippen molar-refractivity contribution in [3.8, 4) is 17.2 Å². The van der Waals surface area contributed by atoms with E-state index in [1.165, 1.54) is 0 Å². The Morgan fingerprint density at radius 1 is 1.17 bits per heavy atom. The fourth-order valence-electron chi connectivity index (χ4n) is 1.63. The molecule has 0 aliphatic carbocycles. The predicted molar refractivity (Wildman–Crippen MR) is 66.1 cm³/mol. The quantitative estimate of drug-likeness (QED) is 0.798. The molecule has 0 unspecified atom stereocenters. The van der Waals surface area contributed by atoms with Crippen LogP contribution >= 0.6 is 11.6 Å². The number of fused-ring (bicyclic) bond motifs is 1. The van der Waals surface area contributed by atoms with E-state index in [0.717, 1.165) is 17.1 Å². The van der Waals surface area contributed by atoms with Crippen molar-refractivity contribution in [2.45, 2.75) is 6.61 Å². The second-order valence-corrected chi connectivity index (χ2v) is 4.18. The molecular formula is C13H10ClNO3. The summed E-state index contributed by atoms with van der Waals surface area (Å²) in [6.45, 7) is 0.698. The van der Waals surface area contributed by atoms with Gasteiger partial charge in [0.2, 0.25) is 6.79 Å². The van der Waals surface area contributed by atoms with Crippen LogP contribution in [0.4, 0.5) is 0 Å². The van der Waals surface area contributed by atoms with E-state index in [9.17, 15) is 0 Å². The van der Waals surface area contributed by atoms with Gasteiger partial charge in [-0.05, 0) is 18.2 Å². The highest BCUT2D eigenvalue weighted by Crippen LogP contribution is 2.35.